The predicted octanol–water partition coefficient (Wildman–Crippen LogP) is 2.87. The Morgan fingerprint density at radius 2 is 1.95 bits per heavy atom. The van der Waals surface area contributed by atoms with Crippen LogP contribution in [0.15, 0.2) is 12.7 Å². The third-order valence-electron chi connectivity index (χ3n) is 3.30. The molecule has 20 heavy (non-hydrogen) atoms. The van der Waals surface area contributed by atoms with Crippen LogP contribution in [0.1, 0.15) is 47.0 Å². The molecule has 0 aliphatic heterocycles. The van der Waals surface area contributed by atoms with Crippen LogP contribution in [0, 0.1) is 5.41 Å². The monoisotopic (exact) mass is 284 g/mol. The molecule has 116 valence electrons. The first-order valence-electron chi connectivity index (χ1n) is 7.07. The van der Waals surface area contributed by atoms with Crippen molar-refractivity contribution in [3.63, 3.8) is 0 Å². The zero-order valence-corrected chi connectivity index (χ0v) is 13.1. The number of amides is 2. The number of rotatable bonds is 9. The number of carboxylic acid groups (broad SMARTS) is 1. The average Bonchev–Trinajstić information content (AvgIpc) is 2.32. The third kappa shape index (κ3) is 7.81. The van der Waals surface area contributed by atoms with Gasteiger partial charge in [0.1, 0.15) is 0 Å². The van der Waals surface area contributed by atoms with Gasteiger partial charge in [-0.1, -0.05) is 19.9 Å². The predicted molar refractivity (Wildman–Crippen MR) is 80.7 cm³/mol. The highest BCUT2D eigenvalue weighted by Crippen LogP contribution is 2.26. The van der Waals surface area contributed by atoms with Gasteiger partial charge < -0.3 is 15.3 Å². The number of carboxylic acids is 1. The summed E-state index contributed by atoms with van der Waals surface area (Å²) in [6.45, 7) is 12.7. The van der Waals surface area contributed by atoms with E-state index in [1.807, 2.05) is 27.7 Å². The summed E-state index contributed by atoms with van der Waals surface area (Å²) in [5.74, 6) is -0.779. The van der Waals surface area contributed by atoms with Gasteiger partial charge in [-0.25, -0.2) is 4.79 Å². The van der Waals surface area contributed by atoms with Crippen LogP contribution in [0.5, 0.6) is 0 Å². The molecule has 0 saturated carbocycles. The topological polar surface area (TPSA) is 69.6 Å². The maximum absolute atomic E-state index is 12.0. The minimum Gasteiger partial charge on any atom is -0.481 e. The molecular formula is C15H28N2O3. The molecule has 0 fully saturated rings. The standard InChI is InChI=1S/C15H28N2O3/c1-6-11-17(12(2)3)14(20)16-10-9-15(4,5)8-7-13(18)19/h6,12H,1,7-11H2,2-5H3,(H,16,20)(H,18,19). The van der Waals surface area contributed by atoms with Crippen LogP contribution < -0.4 is 5.32 Å². The number of urea groups is 1. The highest BCUT2D eigenvalue weighted by Gasteiger charge is 2.20. The minimum absolute atomic E-state index is 0.0905. The molecule has 0 saturated heterocycles. The van der Waals surface area contributed by atoms with Crippen molar-refractivity contribution in [1.82, 2.24) is 10.2 Å². The van der Waals surface area contributed by atoms with E-state index < -0.39 is 5.97 Å². The normalized spacial score (nSPS) is 11.2. The van der Waals surface area contributed by atoms with Crippen LogP contribution in [0.3, 0.4) is 0 Å². The van der Waals surface area contributed by atoms with Crippen molar-refractivity contribution < 1.29 is 14.7 Å². The molecule has 0 heterocycles. The largest absolute Gasteiger partial charge is 0.481 e. The van der Waals surface area contributed by atoms with Gasteiger partial charge in [-0.3, -0.25) is 4.79 Å². The van der Waals surface area contributed by atoms with Gasteiger partial charge in [-0.2, -0.15) is 0 Å². The van der Waals surface area contributed by atoms with Crippen molar-refractivity contribution in [3.05, 3.63) is 12.7 Å². The van der Waals surface area contributed by atoms with Crippen LogP contribution in [-0.4, -0.2) is 41.1 Å². The van der Waals surface area contributed by atoms with Gasteiger partial charge in [0.05, 0.1) is 0 Å². The lowest BCUT2D eigenvalue weighted by atomic mass is 9.84. The average molecular weight is 284 g/mol. The number of aliphatic carboxylic acids is 1. The second-order valence-electron chi connectivity index (χ2n) is 6.07. The van der Waals surface area contributed by atoms with E-state index in [9.17, 15) is 9.59 Å². The molecule has 0 spiro atoms. The fourth-order valence-corrected chi connectivity index (χ4v) is 1.85. The Balaban J connectivity index is 4.17. The van der Waals surface area contributed by atoms with E-state index >= 15 is 0 Å². The van der Waals surface area contributed by atoms with E-state index in [-0.39, 0.29) is 23.9 Å². The Labute approximate surface area is 122 Å². The molecular weight excluding hydrogens is 256 g/mol. The van der Waals surface area contributed by atoms with Gasteiger partial charge in [-0.05, 0) is 32.1 Å². The second-order valence-corrected chi connectivity index (χ2v) is 6.07. The molecule has 0 aromatic heterocycles. The molecule has 2 N–H and O–H groups in total. The Hall–Kier alpha value is -1.52. The van der Waals surface area contributed by atoms with Crippen LogP contribution in [-0.2, 0) is 4.79 Å². The Morgan fingerprint density at radius 1 is 1.35 bits per heavy atom. The number of nitrogens with one attached hydrogen (secondary N) is 1. The first-order chi connectivity index (χ1) is 9.19. The molecule has 0 atom stereocenters. The molecule has 0 radical (unpaired) electrons. The molecule has 2 amide bonds. The first-order valence-corrected chi connectivity index (χ1v) is 7.07. The van der Waals surface area contributed by atoms with Crippen molar-refractivity contribution in [2.45, 2.75) is 53.0 Å². The lowest BCUT2D eigenvalue weighted by Crippen LogP contribution is -2.44. The number of carbonyl (C=O) groups excluding carboxylic acids is 1. The highest BCUT2D eigenvalue weighted by molar-refractivity contribution is 5.74. The lowest BCUT2D eigenvalue weighted by Gasteiger charge is -2.28. The fourth-order valence-electron chi connectivity index (χ4n) is 1.85. The van der Waals surface area contributed by atoms with Crippen LogP contribution in [0.4, 0.5) is 4.79 Å². The summed E-state index contributed by atoms with van der Waals surface area (Å²) in [5.41, 5.74) is -0.0905. The van der Waals surface area contributed by atoms with Gasteiger partial charge in [0, 0.05) is 25.6 Å². The zero-order valence-electron chi connectivity index (χ0n) is 13.1. The first kappa shape index (κ1) is 18.5. The summed E-state index contributed by atoms with van der Waals surface area (Å²) in [6.07, 6.45) is 3.23. The van der Waals surface area contributed by atoms with Crippen LogP contribution in [0.2, 0.25) is 0 Å². The van der Waals surface area contributed by atoms with Crippen LogP contribution >= 0.6 is 0 Å². The minimum atomic E-state index is -0.779. The lowest BCUT2D eigenvalue weighted by molar-refractivity contribution is -0.137. The van der Waals surface area contributed by atoms with Crippen molar-refractivity contribution in [3.8, 4) is 0 Å². The highest BCUT2D eigenvalue weighted by atomic mass is 16.4. The van der Waals surface area contributed by atoms with E-state index in [1.54, 1.807) is 11.0 Å². The van der Waals surface area contributed by atoms with Gasteiger partial charge >= 0.3 is 12.0 Å². The molecule has 0 aliphatic carbocycles. The summed E-state index contributed by atoms with van der Waals surface area (Å²) in [4.78, 5) is 24.3. The van der Waals surface area contributed by atoms with E-state index in [1.165, 1.54) is 0 Å². The molecule has 0 rings (SSSR count). The number of carbonyl (C=O) groups is 2. The molecule has 5 heteroatoms. The van der Waals surface area contributed by atoms with Crippen molar-refractivity contribution in [2.75, 3.05) is 13.1 Å². The molecule has 0 aromatic rings. The van der Waals surface area contributed by atoms with Gasteiger partial charge in [0.2, 0.25) is 0 Å². The fraction of sp³-hybridized carbons (Fsp3) is 0.733. The maximum atomic E-state index is 12.0. The summed E-state index contributed by atoms with van der Waals surface area (Å²) >= 11 is 0. The van der Waals surface area contributed by atoms with Gasteiger partial charge in [0.15, 0.2) is 0 Å². The third-order valence-corrected chi connectivity index (χ3v) is 3.30. The summed E-state index contributed by atoms with van der Waals surface area (Å²) < 4.78 is 0. The second kappa shape index (κ2) is 8.61. The quantitative estimate of drug-likeness (QED) is 0.640. The molecule has 0 aromatic carbocycles. The molecule has 0 aliphatic rings. The summed E-state index contributed by atoms with van der Waals surface area (Å²) in [5, 5.41) is 11.6. The summed E-state index contributed by atoms with van der Waals surface area (Å²) in [7, 11) is 0. The van der Waals surface area contributed by atoms with E-state index in [2.05, 4.69) is 11.9 Å². The van der Waals surface area contributed by atoms with Crippen molar-refractivity contribution in [1.29, 1.82) is 0 Å². The van der Waals surface area contributed by atoms with Gasteiger partial charge in [-0.15, -0.1) is 6.58 Å². The Kier molecular flexibility index (Phi) is 7.96. The van der Waals surface area contributed by atoms with Crippen LogP contribution in [0.25, 0.3) is 0 Å². The number of hydrogen-bond acceptors (Lipinski definition) is 2. The van der Waals surface area contributed by atoms with Gasteiger partial charge in [0.25, 0.3) is 0 Å². The molecule has 5 nitrogen and oxygen atoms in total. The van der Waals surface area contributed by atoms with E-state index in [0.717, 1.165) is 6.42 Å². The van der Waals surface area contributed by atoms with E-state index in [0.29, 0.717) is 19.5 Å². The Morgan fingerprint density at radius 3 is 2.40 bits per heavy atom. The summed E-state index contributed by atoms with van der Waals surface area (Å²) in [6, 6.07) is 0.0157. The van der Waals surface area contributed by atoms with Crippen molar-refractivity contribution >= 4 is 12.0 Å². The number of hydrogen-bond donors (Lipinski definition) is 2. The maximum Gasteiger partial charge on any atom is 0.317 e. The SMILES string of the molecule is C=CCN(C(=O)NCCC(C)(C)CCC(=O)O)C(C)C. The Bertz CT molecular complexity index is 338. The molecule has 0 unspecified atom stereocenters. The molecule has 0 bridgehead atoms. The zero-order chi connectivity index (χ0) is 15.8. The van der Waals surface area contributed by atoms with E-state index in [4.69, 9.17) is 5.11 Å². The number of nitrogens with zero attached hydrogens (tertiary/aromatic N) is 1. The van der Waals surface area contributed by atoms with Crippen molar-refractivity contribution in [2.24, 2.45) is 5.41 Å². The smallest absolute Gasteiger partial charge is 0.317 e.